The van der Waals surface area contributed by atoms with E-state index in [2.05, 4.69) is 0 Å². The highest BCUT2D eigenvalue weighted by molar-refractivity contribution is 6.32. The maximum absolute atomic E-state index is 6.08. The minimum atomic E-state index is -0.381. The number of methoxy groups -OCH3 is 1. The van der Waals surface area contributed by atoms with Gasteiger partial charge in [-0.25, -0.2) is 0 Å². The molecule has 1 aromatic rings. The summed E-state index contributed by atoms with van der Waals surface area (Å²) in [7, 11) is 1.55. The molecule has 0 aliphatic carbocycles. The van der Waals surface area contributed by atoms with Crippen LogP contribution in [-0.4, -0.2) is 40.0 Å². The molecule has 20 heavy (non-hydrogen) atoms. The predicted octanol–water partition coefficient (Wildman–Crippen LogP) is 3.10. The standard InChI is InChI=1S/C14H21ClO5/c1-4-17-14(18-5-2)9-19-11-6-7-13(12(15)8-11)20-10-16-3/h6-8,14H,4-5,9-10H2,1-3H3. The molecule has 0 aromatic heterocycles. The molecule has 0 unspecified atom stereocenters. The third kappa shape index (κ3) is 5.96. The molecule has 0 saturated carbocycles. The van der Waals surface area contributed by atoms with Gasteiger partial charge in [0.05, 0.1) is 5.02 Å². The summed E-state index contributed by atoms with van der Waals surface area (Å²) in [6.07, 6.45) is -0.381. The second-order valence-corrected chi connectivity index (χ2v) is 4.20. The van der Waals surface area contributed by atoms with E-state index >= 15 is 0 Å². The highest BCUT2D eigenvalue weighted by Crippen LogP contribution is 2.28. The lowest BCUT2D eigenvalue weighted by atomic mass is 10.3. The zero-order valence-electron chi connectivity index (χ0n) is 12.1. The average Bonchev–Trinajstić information content (AvgIpc) is 2.44. The van der Waals surface area contributed by atoms with Crippen LogP contribution in [0.3, 0.4) is 0 Å². The Hall–Kier alpha value is -1.01. The second kappa shape index (κ2) is 9.83. The fraction of sp³-hybridized carbons (Fsp3) is 0.571. The van der Waals surface area contributed by atoms with Crippen molar-refractivity contribution in [3.8, 4) is 11.5 Å². The summed E-state index contributed by atoms with van der Waals surface area (Å²) in [6, 6.07) is 5.18. The van der Waals surface area contributed by atoms with Gasteiger partial charge in [-0.05, 0) is 26.0 Å². The van der Waals surface area contributed by atoms with E-state index in [1.807, 2.05) is 13.8 Å². The summed E-state index contributed by atoms with van der Waals surface area (Å²) in [5.74, 6) is 1.18. The average molecular weight is 305 g/mol. The minimum Gasteiger partial charge on any atom is -0.488 e. The van der Waals surface area contributed by atoms with Gasteiger partial charge < -0.3 is 23.7 Å². The molecule has 114 valence electrons. The van der Waals surface area contributed by atoms with Crippen LogP contribution < -0.4 is 9.47 Å². The Labute approximate surface area is 124 Å². The number of ether oxygens (including phenoxy) is 5. The van der Waals surface area contributed by atoms with Gasteiger partial charge in [0.2, 0.25) is 0 Å². The topological polar surface area (TPSA) is 46.2 Å². The highest BCUT2D eigenvalue weighted by Gasteiger charge is 2.10. The van der Waals surface area contributed by atoms with Crippen molar-refractivity contribution in [3.05, 3.63) is 23.2 Å². The van der Waals surface area contributed by atoms with Crippen LogP contribution in [0.5, 0.6) is 11.5 Å². The Morgan fingerprint density at radius 1 is 1.10 bits per heavy atom. The lowest BCUT2D eigenvalue weighted by Crippen LogP contribution is -2.25. The van der Waals surface area contributed by atoms with Crippen molar-refractivity contribution in [1.29, 1.82) is 0 Å². The highest BCUT2D eigenvalue weighted by atomic mass is 35.5. The van der Waals surface area contributed by atoms with E-state index in [0.29, 0.717) is 36.3 Å². The molecular weight excluding hydrogens is 284 g/mol. The summed E-state index contributed by atoms with van der Waals surface area (Å²) < 4.78 is 26.5. The molecule has 0 aliphatic heterocycles. The molecule has 0 heterocycles. The molecule has 0 fully saturated rings. The SMILES string of the molecule is CCOC(COc1ccc(OCOC)c(Cl)c1)OCC. The van der Waals surface area contributed by atoms with Crippen molar-refractivity contribution >= 4 is 11.6 Å². The summed E-state index contributed by atoms with van der Waals surface area (Å²) in [6.45, 7) is 5.40. The van der Waals surface area contributed by atoms with Crippen LogP contribution in [0.2, 0.25) is 5.02 Å². The Morgan fingerprint density at radius 3 is 2.35 bits per heavy atom. The first kappa shape index (κ1) is 17.0. The van der Waals surface area contributed by atoms with Crippen LogP contribution in [0.15, 0.2) is 18.2 Å². The van der Waals surface area contributed by atoms with Crippen molar-refractivity contribution in [2.45, 2.75) is 20.1 Å². The maximum Gasteiger partial charge on any atom is 0.191 e. The van der Waals surface area contributed by atoms with E-state index in [1.54, 1.807) is 25.3 Å². The molecule has 0 aliphatic rings. The third-order valence-corrected chi connectivity index (χ3v) is 2.62. The van der Waals surface area contributed by atoms with Gasteiger partial charge in [0.1, 0.15) is 18.1 Å². The number of halogens is 1. The number of rotatable bonds is 10. The van der Waals surface area contributed by atoms with Crippen LogP contribution in [0.1, 0.15) is 13.8 Å². The smallest absolute Gasteiger partial charge is 0.191 e. The summed E-state index contributed by atoms with van der Waals surface area (Å²) in [5.41, 5.74) is 0. The first-order valence-electron chi connectivity index (χ1n) is 6.48. The second-order valence-electron chi connectivity index (χ2n) is 3.79. The van der Waals surface area contributed by atoms with E-state index in [-0.39, 0.29) is 13.1 Å². The fourth-order valence-electron chi connectivity index (χ4n) is 1.49. The molecule has 0 amide bonds. The quantitative estimate of drug-likeness (QED) is 0.622. The number of hydrogen-bond acceptors (Lipinski definition) is 5. The van der Waals surface area contributed by atoms with Crippen LogP contribution >= 0.6 is 11.6 Å². The fourth-order valence-corrected chi connectivity index (χ4v) is 1.72. The van der Waals surface area contributed by atoms with E-state index in [9.17, 15) is 0 Å². The van der Waals surface area contributed by atoms with Crippen molar-refractivity contribution in [2.24, 2.45) is 0 Å². The lowest BCUT2D eigenvalue weighted by Gasteiger charge is -2.17. The van der Waals surface area contributed by atoms with Gasteiger partial charge in [-0.2, -0.15) is 0 Å². The van der Waals surface area contributed by atoms with E-state index in [4.69, 9.17) is 35.3 Å². The van der Waals surface area contributed by atoms with Crippen molar-refractivity contribution in [2.75, 3.05) is 33.7 Å². The number of benzene rings is 1. The Kier molecular flexibility index (Phi) is 8.37. The molecule has 0 spiro atoms. The first-order valence-corrected chi connectivity index (χ1v) is 6.86. The van der Waals surface area contributed by atoms with E-state index in [0.717, 1.165) is 0 Å². The molecule has 0 saturated heterocycles. The molecule has 6 heteroatoms. The summed E-state index contributed by atoms with van der Waals surface area (Å²) in [5, 5.41) is 0.462. The van der Waals surface area contributed by atoms with Crippen LogP contribution in [0.4, 0.5) is 0 Å². The monoisotopic (exact) mass is 304 g/mol. The van der Waals surface area contributed by atoms with E-state index < -0.39 is 0 Å². The van der Waals surface area contributed by atoms with Gasteiger partial charge in [0.15, 0.2) is 13.1 Å². The normalized spacial score (nSPS) is 10.8. The molecule has 1 rings (SSSR count). The predicted molar refractivity (Wildman–Crippen MR) is 76.5 cm³/mol. The van der Waals surface area contributed by atoms with Crippen molar-refractivity contribution in [1.82, 2.24) is 0 Å². The van der Waals surface area contributed by atoms with Gasteiger partial charge in [0.25, 0.3) is 0 Å². The molecular formula is C14H21ClO5. The minimum absolute atomic E-state index is 0.149. The molecule has 5 nitrogen and oxygen atoms in total. The summed E-state index contributed by atoms with van der Waals surface area (Å²) >= 11 is 6.08. The molecule has 0 radical (unpaired) electrons. The van der Waals surface area contributed by atoms with Gasteiger partial charge >= 0.3 is 0 Å². The van der Waals surface area contributed by atoms with Crippen LogP contribution in [0, 0.1) is 0 Å². The molecule has 0 bridgehead atoms. The van der Waals surface area contributed by atoms with Gasteiger partial charge in [-0.15, -0.1) is 0 Å². The Balaban J connectivity index is 2.53. The lowest BCUT2D eigenvalue weighted by molar-refractivity contribution is -0.152. The molecule has 0 atom stereocenters. The molecule has 1 aromatic carbocycles. The first-order chi connectivity index (χ1) is 9.71. The largest absolute Gasteiger partial charge is 0.488 e. The number of hydrogen-bond donors (Lipinski definition) is 0. The zero-order chi connectivity index (χ0) is 14.8. The van der Waals surface area contributed by atoms with Crippen molar-refractivity contribution < 1.29 is 23.7 Å². The van der Waals surface area contributed by atoms with Crippen LogP contribution in [0.25, 0.3) is 0 Å². The van der Waals surface area contributed by atoms with Gasteiger partial charge in [-0.3, -0.25) is 0 Å². The van der Waals surface area contributed by atoms with Gasteiger partial charge in [0, 0.05) is 26.4 Å². The summed E-state index contributed by atoms with van der Waals surface area (Å²) in [4.78, 5) is 0. The van der Waals surface area contributed by atoms with E-state index in [1.165, 1.54) is 0 Å². The maximum atomic E-state index is 6.08. The third-order valence-electron chi connectivity index (χ3n) is 2.33. The Morgan fingerprint density at radius 2 is 1.80 bits per heavy atom. The van der Waals surface area contributed by atoms with Crippen molar-refractivity contribution in [3.63, 3.8) is 0 Å². The van der Waals surface area contributed by atoms with Crippen LogP contribution in [-0.2, 0) is 14.2 Å². The van der Waals surface area contributed by atoms with Gasteiger partial charge in [-0.1, -0.05) is 11.6 Å². The Bertz CT molecular complexity index is 380. The zero-order valence-corrected chi connectivity index (χ0v) is 12.8. The molecule has 0 N–H and O–H groups in total.